The summed E-state index contributed by atoms with van der Waals surface area (Å²) in [5.74, 6) is 0.540. The largest absolute Gasteiger partial charge is 0.493 e. The topological polar surface area (TPSA) is 51.5 Å². The summed E-state index contributed by atoms with van der Waals surface area (Å²) in [6.45, 7) is 10.9. The molecule has 0 unspecified atom stereocenters. The van der Waals surface area contributed by atoms with Gasteiger partial charge in [-0.15, -0.1) is 0 Å². The highest BCUT2D eigenvalue weighted by Gasteiger charge is 2.20. The van der Waals surface area contributed by atoms with E-state index in [2.05, 4.69) is 43.4 Å². The maximum atomic E-state index is 12.8. The summed E-state index contributed by atoms with van der Waals surface area (Å²) >= 11 is 6.22. The molecule has 0 spiro atoms. The molecule has 0 radical (unpaired) electrons. The van der Waals surface area contributed by atoms with Crippen LogP contribution in [0, 0.1) is 20.8 Å². The van der Waals surface area contributed by atoms with Gasteiger partial charge in [0.1, 0.15) is 11.3 Å². The molecule has 0 aliphatic heterocycles. The number of carbonyl (C=O) groups is 1. The molecule has 0 atom stereocenters. The van der Waals surface area contributed by atoms with Crippen molar-refractivity contribution in [2.45, 2.75) is 41.2 Å². The third-order valence-corrected chi connectivity index (χ3v) is 6.56. The van der Waals surface area contributed by atoms with Gasteiger partial charge >= 0.3 is 0 Å². The Morgan fingerprint density at radius 3 is 2.57 bits per heavy atom. The number of halogens is 1. The van der Waals surface area contributed by atoms with Crippen molar-refractivity contribution in [2.24, 2.45) is 0 Å². The first-order valence-electron chi connectivity index (χ1n) is 11.7. The Bertz CT molecular complexity index is 1430. The third-order valence-electron chi connectivity index (χ3n) is 6.19. The second kappa shape index (κ2) is 10.4. The van der Waals surface area contributed by atoms with Crippen molar-refractivity contribution in [3.63, 3.8) is 0 Å². The second-order valence-corrected chi connectivity index (χ2v) is 9.20. The fraction of sp³-hybridized carbons (Fsp3) is 0.233. The molecule has 4 aromatic rings. The highest BCUT2D eigenvalue weighted by Crippen LogP contribution is 2.41. The van der Waals surface area contributed by atoms with Crippen molar-refractivity contribution in [1.82, 2.24) is 5.32 Å². The minimum atomic E-state index is -0.190. The fourth-order valence-corrected chi connectivity index (χ4v) is 4.62. The van der Waals surface area contributed by atoms with E-state index < -0.39 is 0 Å². The van der Waals surface area contributed by atoms with Crippen LogP contribution in [0.1, 0.15) is 41.7 Å². The van der Waals surface area contributed by atoms with E-state index in [1.54, 1.807) is 6.08 Å². The van der Waals surface area contributed by atoms with Crippen LogP contribution in [0.25, 0.3) is 27.7 Å². The fourth-order valence-electron chi connectivity index (χ4n) is 4.41. The first-order chi connectivity index (χ1) is 16.8. The van der Waals surface area contributed by atoms with E-state index in [0.29, 0.717) is 18.2 Å². The van der Waals surface area contributed by atoms with Crippen molar-refractivity contribution in [1.29, 1.82) is 0 Å². The van der Waals surface area contributed by atoms with Gasteiger partial charge in [-0.1, -0.05) is 53.6 Å². The average molecular weight is 488 g/mol. The number of hydrogen-bond donors (Lipinski definition) is 1. The lowest BCUT2D eigenvalue weighted by Gasteiger charge is -2.15. The van der Waals surface area contributed by atoms with Crippen LogP contribution in [-0.4, -0.2) is 12.5 Å². The van der Waals surface area contributed by atoms with E-state index in [1.807, 2.05) is 51.3 Å². The molecule has 1 heterocycles. The number of fused-ring (bicyclic) bond motifs is 1. The van der Waals surface area contributed by atoms with Crippen molar-refractivity contribution >= 4 is 34.1 Å². The van der Waals surface area contributed by atoms with Gasteiger partial charge in [-0.05, 0) is 69.0 Å². The van der Waals surface area contributed by atoms with Crippen molar-refractivity contribution in [2.75, 3.05) is 6.61 Å². The number of allylic oxidation sites excluding steroid dienone is 1. The van der Waals surface area contributed by atoms with Crippen LogP contribution in [0.15, 0.2) is 65.3 Å². The lowest BCUT2D eigenvalue weighted by Crippen LogP contribution is -2.20. The van der Waals surface area contributed by atoms with Crippen molar-refractivity contribution < 1.29 is 13.9 Å². The number of amides is 1. The van der Waals surface area contributed by atoms with Crippen LogP contribution in [-0.2, 0) is 11.3 Å². The number of rotatable bonds is 7. The number of aryl methyl sites for hydroxylation is 3. The summed E-state index contributed by atoms with van der Waals surface area (Å²) in [7, 11) is 0. The zero-order valence-electron chi connectivity index (χ0n) is 20.8. The normalized spacial score (nSPS) is 11.7. The number of furan rings is 1. The number of nitrogens with one attached hydrogen (secondary N) is 1. The van der Waals surface area contributed by atoms with Crippen molar-refractivity contribution in [3.05, 3.63) is 93.7 Å². The van der Waals surface area contributed by atoms with Crippen LogP contribution >= 0.6 is 11.6 Å². The lowest BCUT2D eigenvalue weighted by molar-refractivity contribution is -0.116. The molecule has 180 valence electrons. The number of benzene rings is 3. The molecule has 1 N–H and O–H groups in total. The standard InChI is InChI=1S/C30H30ClNO3/c1-6-34-29-21(5)30-25(26(17-35-30)23-12-11-18(2)13-19(23)3)15-24(29)20(4)14-28(33)32-16-22-9-7-8-10-27(22)31/h7-15,17H,6,16H2,1-5H3,(H,32,33)/b20-14+. The summed E-state index contributed by atoms with van der Waals surface area (Å²) in [5.41, 5.74) is 8.83. The molecule has 0 saturated heterocycles. The maximum absolute atomic E-state index is 12.8. The summed E-state index contributed by atoms with van der Waals surface area (Å²) in [6, 6.07) is 16.0. The summed E-state index contributed by atoms with van der Waals surface area (Å²) in [4.78, 5) is 12.8. The second-order valence-electron chi connectivity index (χ2n) is 8.79. The van der Waals surface area contributed by atoms with E-state index in [4.69, 9.17) is 20.8 Å². The molecule has 4 nitrogen and oxygen atoms in total. The first-order valence-corrected chi connectivity index (χ1v) is 12.1. The number of ether oxygens (including phenoxy) is 1. The van der Waals surface area contributed by atoms with E-state index in [9.17, 15) is 4.79 Å². The Labute approximate surface area is 211 Å². The lowest BCUT2D eigenvalue weighted by atomic mass is 9.94. The van der Waals surface area contributed by atoms with Crippen LogP contribution < -0.4 is 10.1 Å². The SMILES string of the molecule is CCOc1c(/C(C)=C/C(=O)NCc2ccccc2Cl)cc2c(-c3ccc(C)cc3C)coc2c1C. The molecule has 3 aromatic carbocycles. The monoisotopic (exact) mass is 487 g/mol. The molecule has 0 bridgehead atoms. The highest BCUT2D eigenvalue weighted by molar-refractivity contribution is 6.31. The van der Waals surface area contributed by atoms with E-state index in [-0.39, 0.29) is 5.91 Å². The third kappa shape index (κ3) is 5.13. The van der Waals surface area contributed by atoms with Crippen LogP contribution in [0.2, 0.25) is 5.02 Å². The van der Waals surface area contributed by atoms with Gasteiger partial charge in [0.25, 0.3) is 0 Å². The van der Waals surface area contributed by atoms with Crippen LogP contribution in [0.4, 0.5) is 0 Å². The highest BCUT2D eigenvalue weighted by atomic mass is 35.5. The zero-order chi connectivity index (χ0) is 25.1. The minimum absolute atomic E-state index is 0.190. The van der Waals surface area contributed by atoms with Gasteiger partial charge in [-0.25, -0.2) is 0 Å². The number of carbonyl (C=O) groups excluding carboxylic acids is 1. The molecule has 1 amide bonds. The van der Waals surface area contributed by atoms with E-state index in [0.717, 1.165) is 50.1 Å². The van der Waals surface area contributed by atoms with Gasteiger partial charge in [0.15, 0.2) is 0 Å². The molecule has 0 fully saturated rings. The number of hydrogen-bond acceptors (Lipinski definition) is 3. The quantitative estimate of drug-likeness (QED) is 0.270. The van der Waals surface area contributed by atoms with Crippen LogP contribution in [0.3, 0.4) is 0 Å². The molecule has 35 heavy (non-hydrogen) atoms. The Morgan fingerprint density at radius 1 is 1.09 bits per heavy atom. The molecule has 0 aliphatic rings. The molecular weight excluding hydrogens is 458 g/mol. The van der Waals surface area contributed by atoms with Crippen molar-refractivity contribution in [3.8, 4) is 16.9 Å². The first kappa shape index (κ1) is 24.6. The van der Waals surface area contributed by atoms with Gasteiger partial charge in [-0.2, -0.15) is 0 Å². The maximum Gasteiger partial charge on any atom is 0.244 e. The zero-order valence-corrected chi connectivity index (χ0v) is 21.5. The summed E-state index contributed by atoms with van der Waals surface area (Å²) in [6.07, 6.45) is 3.42. The van der Waals surface area contributed by atoms with Gasteiger partial charge in [0.2, 0.25) is 5.91 Å². The summed E-state index contributed by atoms with van der Waals surface area (Å²) < 4.78 is 12.1. The van der Waals surface area contributed by atoms with Crippen LogP contribution in [0.5, 0.6) is 5.75 Å². The molecule has 0 aliphatic carbocycles. The predicted octanol–water partition coefficient (Wildman–Crippen LogP) is 7.80. The Hall–Kier alpha value is -3.50. The average Bonchev–Trinajstić information content (AvgIpc) is 3.24. The van der Waals surface area contributed by atoms with Gasteiger partial charge in [0.05, 0.1) is 12.9 Å². The molecule has 5 heteroatoms. The summed E-state index contributed by atoms with van der Waals surface area (Å²) in [5, 5.41) is 4.56. The predicted molar refractivity (Wildman–Crippen MR) is 144 cm³/mol. The van der Waals surface area contributed by atoms with Gasteiger partial charge < -0.3 is 14.5 Å². The van der Waals surface area contributed by atoms with Gasteiger partial charge in [0, 0.05) is 39.7 Å². The Balaban J connectivity index is 1.74. The smallest absolute Gasteiger partial charge is 0.244 e. The Morgan fingerprint density at radius 2 is 1.86 bits per heavy atom. The van der Waals surface area contributed by atoms with E-state index in [1.165, 1.54) is 11.1 Å². The molecule has 4 rings (SSSR count). The van der Waals surface area contributed by atoms with Gasteiger partial charge in [-0.3, -0.25) is 4.79 Å². The molecule has 0 saturated carbocycles. The molecule has 1 aromatic heterocycles. The minimum Gasteiger partial charge on any atom is -0.493 e. The molecular formula is C30H30ClNO3. The van der Waals surface area contributed by atoms with E-state index >= 15 is 0 Å². The Kier molecular flexibility index (Phi) is 7.32.